The number of aromatic nitrogens is 1. The number of ketones is 1. The van der Waals surface area contributed by atoms with Crippen LogP contribution in [-0.4, -0.2) is 34.3 Å². The molecular weight excluding hydrogens is 414 g/mol. The molecule has 4 nitrogen and oxygen atoms in total. The first-order chi connectivity index (χ1) is 11.4. The second kappa shape index (κ2) is 5.51. The monoisotopic (exact) mass is 420 g/mol. The lowest BCUT2D eigenvalue weighted by Crippen LogP contribution is -2.30. The fourth-order valence-electron chi connectivity index (χ4n) is 2.91. The van der Waals surface area contributed by atoms with Gasteiger partial charge in [-0.05, 0) is 12.5 Å². The molecule has 2 aromatic rings. The van der Waals surface area contributed by atoms with Crippen LogP contribution in [-0.2, 0) is 0 Å². The number of nitrogens with zero attached hydrogens (tertiary/aromatic N) is 1. The Morgan fingerprint density at radius 1 is 1.38 bits per heavy atom. The predicted molar refractivity (Wildman–Crippen MR) is 100 cm³/mol. The first kappa shape index (κ1) is 16.0. The maximum absolute atomic E-state index is 12.7. The zero-order valence-electron chi connectivity index (χ0n) is 12.0. The highest BCUT2D eigenvalue weighted by Gasteiger charge is 2.32. The van der Waals surface area contributed by atoms with Crippen molar-refractivity contribution in [2.45, 2.75) is 11.2 Å². The molecule has 2 N–H and O–H groups in total. The summed E-state index contributed by atoms with van der Waals surface area (Å²) >= 11 is 15.9. The SMILES string of the molecule is [B]c1ccc2c(c1Cl)C(=O)C(c1[nH]c3c(c1O)=C(Cl)C(Br)CC=3)=N2. The normalized spacial score (nSPS) is 19.0. The molecular formula is C16H8BBrCl2N2O2. The van der Waals surface area contributed by atoms with E-state index in [1.165, 1.54) is 0 Å². The van der Waals surface area contributed by atoms with Gasteiger partial charge in [0.25, 0.3) is 0 Å². The van der Waals surface area contributed by atoms with Crippen LogP contribution in [0.25, 0.3) is 11.1 Å². The zero-order valence-corrected chi connectivity index (χ0v) is 15.1. The van der Waals surface area contributed by atoms with Crippen LogP contribution in [0.4, 0.5) is 5.69 Å². The Hall–Kier alpha value is -1.50. The van der Waals surface area contributed by atoms with Gasteiger partial charge in [-0.15, -0.1) is 0 Å². The highest BCUT2D eigenvalue weighted by Crippen LogP contribution is 2.34. The van der Waals surface area contributed by atoms with Crippen LogP contribution in [0.15, 0.2) is 17.1 Å². The van der Waals surface area contributed by atoms with Gasteiger partial charge in [0.1, 0.15) is 19.3 Å². The molecule has 1 aliphatic carbocycles. The van der Waals surface area contributed by atoms with E-state index in [4.69, 9.17) is 31.0 Å². The van der Waals surface area contributed by atoms with E-state index in [2.05, 4.69) is 25.9 Å². The van der Waals surface area contributed by atoms with Crippen molar-refractivity contribution >= 4 is 80.7 Å². The minimum Gasteiger partial charge on any atom is -0.505 e. The number of fused-ring (bicyclic) bond motifs is 2. The van der Waals surface area contributed by atoms with E-state index in [1.54, 1.807) is 12.1 Å². The van der Waals surface area contributed by atoms with Gasteiger partial charge in [0.2, 0.25) is 5.78 Å². The number of aromatic amines is 1. The Kier molecular flexibility index (Phi) is 3.67. The summed E-state index contributed by atoms with van der Waals surface area (Å²) in [5, 5.41) is 12.4. The van der Waals surface area contributed by atoms with E-state index >= 15 is 0 Å². The number of nitrogens with one attached hydrogen (secondary N) is 1. The van der Waals surface area contributed by atoms with Gasteiger partial charge in [0.15, 0.2) is 5.75 Å². The molecule has 0 saturated carbocycles. The summed E-state index contributed by atoms with van der Waals surface area (Å²) in [7, 11) is 5.76. The van der Waals surface area contributed by atoms with Gasteiger partial charge >= 0.3 is 0 Å². The minimum absolute atomic E-state index is 0.0751. The van der Waals surface area contributed by atoms with E-state index in [0.29, 0.717) is 33.2 Å². The van der Waals surface area contributed by atoms with Crippen LogP contribution in [0.5, 0.6) is 5.75 Å². The number of hydrogen-bond donors (Lipinski definition) is 2. The van der Waals surface area contributed by atoms with Crippen molar-refractivity contribution in [2.24, 2.45) is 4.99 Å². The Balaban J connectivity index is 1.94. The number of alkyl halides is 1. The third kappa shape index (κ3) is 2.13. The summed E-state index contributed by atoms with van der Waals surface area (Å²) in [6, 6.07) is 3.22. The van der Waals surface area contributed by atoms with Gasteiger partial charge in [-0.3, -0.25) is 4.79 Å². The molecule has 0 fully saturated rings. The van der Waals surface area contributed by atoms with Crippen molar-refractivity contribution in [3.8, 4) is 5.75 Å². The minimum atomic E-state index is -0.386. The van der Waals surface area contributed by atoms with E-state index in [9.17, 15) is 9.90 Å². The van der Waals surface area contributed by atoms with E-state index in [-0.39, 0.29) is 38.4 Å². The standard InChI is InChI=1S/C16H8BBrCl2N2O2/c17-5-1-3-7-9(11(5)19)15(23)13(21-7)14-16(24)10-8(22-14)4-2-6(18)12(10)20/h1,3-4,6,22,24H,2H2. The highest BCUT2D eigenvalue weighted by atomic mass is 79.9. The maximum Gasteiger partial charge on any atom is 0.217 e. The largest absolute Gasteiger partial charge is 0.505 e. The molecule has 4 rings (SSSR count). The van der Waals surface area contributed by atoms with Crippen LogP contribution in [0.2, 0.25) is 5.02 Å². The average molecular weight is 422 g/mol. The summed E-state index contributed by atoms with van der Waals surface area (Å²) in [6.07, 6.45) is 2.58. The van der Waals surface area contributed by atoms with Gasteiger partial charge in [0.05, 0.1) is 21.3 Å². The summed E-state index contributed by atoms with van der Waals surface area (Å²) in [6.45, 7) is 0. The number of halogens is 3. The number of hydrogen-bond acceptors (Lipinski definition) is 3. The molecule has 2 radical (unpaired) electrons. The highest BCUT2D eigenvalue weighted by molar-refractivity contribution is 9.09. The molecule has 1 aromatic heterocycles. The molecule has 2 aliphatic rings. The van der Waals surface area contributed by atoms with Crippen molar-refractivity contribution in [1.82, 2.24) is 4.98 Å². The topological polar surface area (TPSA) is 65.5 Å². The van der Waals surface area contributed by atoms with Crippen molar-refractivity contribution in [3.05, 3.63) is 39.0 Å². The maximum atomic E-state index is 12.7. The first-order valence-electron chi connectivity index (χ1n) is 7.06. The van der Waals surface area contributed by atoms with Crippen LogP contribution in [0, 0.1) is 0 Å². The summed E-state index contributed by atoms with van der Waals surface area (Å²) in [5.41, 5.74) is 1.30. The molecule has 2 heterocycles. The van der Waals surface area contributed by atoms with Gasteiger partial charge in [-0.1, -0.05) is 56.7 Å². The molecule has 8 heteroatoms. The molecule has 24 heavy (non-hydrogen) atoms. The second-order valence-electron chi connectivity index (χ2n) is 5.55. The van der Waals surface area contributed by atoms with Crippen LogP contribution in [0.1, 0.15) is 22.5 Å². The number of benzene rings is 1. The molecule has 1 aliphatic heterocycles. The predicted octanol–water partition coefficient (Wildman–Crippen LogP) is 1.78. The summed E-state index contributed by atoms with van der Waals surface area (Å²) < 4.78 is 0. The number of carbonyl (C=O) groups excluding carboxylic acids is 1. The van der Waals surface area contributed by atoms with Crippen LogP contribution >= 0.6 is 39.1 Å². The lowest BCUT2D eigenvalue weighted by atomic mass is 9.92. The quantitative estimate of drug-likeness (QED) is 0.544. The Morgan fingerprint density at radius 2 is 2.12 bits per heavy atom. The van der Waals surface area contributed by atoms with Gasteiger partial charge < -0.3 is 10.1 Å². The molecule has 0 spiro atoms. The Labute approximate surface area is 156 Å². The molecule has 1 unspecified atom stereocenters. The van der Waals surface area contributed by atoms with E-state index < -0.39 is 0 Å². The molecule has 1 aromatic carbocycles. The summed E-state index contributed by atoms with van der Waals surface area (Å²) in [5.74, 6) is -0.484. The third-order valence-corrected chi connectivity index (χ3v) is 6.06. The zero-order chi connectivity index (χ0) is 17.2. The molecule has 118 valence electrons. The smallest absolute Gasteiger partial charge is 0.217 e. The first-order valence-corrected chi connectivity index (χ1v) is 8.74. The second-order valence-corrected chi connectivity index (χ2v) is 7.44. The lowest BCUT2D eigenvalue weighted by molar-refractivity contribution is 0.107. The number of aromatic hydroxyl groups is 1. The van der Waals surface area contributed by atoms with Gasteiger partial charge in [0, 0.05) is 15.4 Å². The van der Waals surface area contributed by atoms with E-state index in [1.807, 2.05) is 6.08 Å². The summed E-state index contributed by atoms with van der Waals surface area (Å²) in [4.78, 5) is 20.0. The average Bonchev–Trinajstić information content (AvgIpc) is 3.05. The van der Waals surface area contributed by atoms with Gasteiger partial charge in [-0.2, -0.15) is 0 Å². The van der Waals surface area contributed by atoms with Crippen molar-refractivity contribution < 1.29 is 9.90 Å². The van der Waals surface area contributed by atoms with Crippen molar-refractivity contribution in [1.29, 1.82) is 0 Å². The molecule has 0 bridgehead atoms. The third-order valence-electron chi connectivity index (χ3n) is 4.11. The fraction of sp³-hybridized carbons (Fsp3) is 0.125. The number of H-pyrrole nitrogens is 1. The van der Waals surface area contributed by atoms with Crippen LogP contribution in [0.3, 0.4) is 0 Å². The molecule has 0 saturated heterocycles. The molecule has 0 amide bonds. The van der Waals surface area contributed by atoms with Gasteiger partial charge in [-0.25, -0.2) is 4.99 Å². The van der Waals surface area contributed by atoms with Crippen molar-refractivity contribution in [2.75, 3.05) is 0 Å². The van der Waals surface area contributed by atoms with E-state index in [0.717, 1.165) is 0 Å². The number of rotatable bonds is 1. The lowest BCUT2D eigenvalue weighted by Gasteiger charge is -2.08. The number of carbonyl (C=O) groups is 1. The number of aliphatic imine (C=N–C) groups is 1. The Bertz CT molecular complexity index is 1070. The van der Waals surface area contributed by atoms with Crippen LogP contribution < -0.4 is 16.0 Å². The fourth-order valence-corrected chi connectivity index (χ4v) is 3.85. The molecule has 1 atom stereocenters. The Morgan fingerprint density at radius 3 is 2.88 bits per heavy atom. The van der Waals surface area contributed by atoms with Crippen molar-refractivity contribution in [3.63, 3.8) is 0 Å². The number of Topliss-reactive ketones (excluding diaryl/α,β-unsaturated/α-hetero) is 1.